The molecule has 2 N–H and O–H groups in total. The van der Waals surface area contributed by atoms with Gasteiger partial charge in [0.15, 0.2) is 0 Å². The van der Waals surface area contributed by atoms with Crippen LogP contribution in [0.2, 0.25) is 0 Å². The van der Waals surface area contributed by atoms with Crippen molar-refractivity contribution in [3.8, 4) is 11.8 Å². The third-order valence-corrected chi connectivity index (χ3v) is 2.48. The van der Waals surface area contributed by atoms with Crippen LogP contribution < -0.4 is 0 Å². The first-order valence-corrected chi connectivity index (χ1v) is 6.31. The highest BCUT2D eigenvalue weighted by atomic mass is 16.5. The lowest BCUT2D eigenvalue weighted by atomic mass is 10.0. The molecule has 112 valence electrons. The SMILES string of the molecule is CCOCCOCC#Cc1cccc(C(=O)O)c1C(=O)O. The molecular formula is C15H16O6. The second-order valence-corrected chi connectivity index (χ2v) is 3.89. The summed E-state index contributed by atoms with van der Waals surface area (Å²) in [6.07, 6.45) is 0. The molecule has 6 nitrogen and oxygen atoms in total. The van der Waals surface area contributed by atoms with Gasteiger partial charge in [0, 0.05) is 12.2 Å². The second kappa shape index (κ2) is 8.74. The quantitative estimate of drug-likeness (QED) is 0.584. The highest BCUT2D eigenvalue weighted by Gasteiger charge is 2.18. The van der Waals surface area contributed by atoms with Gasteiger partial charge in [0.25, 0.3) is 0 Å². The zero-order valence-electron chi connectivity index (χ0n) is 11.6. The summed E-state index contributed by atoms with van der Waals surface area (Å²) >= 11 is 0. The van der Waals surface area contributed by atoms with E-state index in [9.17, 15) is 9.59 Å². The molecule has 0 aliphatic heterocycles. The molecule has 0 atom stereocenters. The fourth-order valence-corrected chi connectivity index (χ4v) is 1.58. The molecule has 6 heteroatoms. The maximum Gasteiger partial charge on any atom is 0.337 e. The summed E-state index contributed by atoms with van der Waals surface area (Å²) in [6, 6.07) is 4.15. The lowest BCUT2D eigenvalue weighted by Crippen LogP contribution is -2.10. The first-order valence-electron chi connectivity index (χ1n) is 6.31. The zero-order valence-corrected chi connectivity index (χ0v) is 11.6. The molecule has 0 saturated heterocycles. The van der Waals surface area contributed by atoms with Crippen molar-refractivity contribution < 1.29 is 29.3 Å². The monoisotopic (exact) mass is 292 g/mol. The molecule has 0 fully saturated rings. The lowest BCUT2D eigenvalue weighted by Gasteiger charge is -2.03. The molecule has 0 saturated carbocycles. The van der Waals surface area contributed by atoms with Crippen LogP contribution in [-0.4, -0.2) is 48.6 Å². The summed E-state index contributed by atoms with van der Waals surface area (Å²) in [6.45, 7) is 3.46. The largest absolute Gasteiger partial charge is 0.478 e. The van der Waals surface area contributed by atoms with Crippen molar-refractivity contribution >= 4 is 11.9 Å². The Bertz CT molecular complexity index is 567. The number of ether oxygens (including phenoxy) is 2. The van der Waals surface area contributed by atoms with Gasteiger partial charge in [-0.25, -0.2) is 9.59 Å². The molecule has 1 aromatic carbocycles. The minimum absolute atomic E-state index is 0.115. The Hall–Kier alpha value is -2.36. The molecule has 1 rings (SSSR count). The van der Waals surface area contributed by atoms with E-state index in [-0.39, 0.29) is 23.3 Å². The van der Waals surface area contributed by atoms with Gasteiger partial charge in [-0.3, -0.25) is 0 Å². The number of benzene rings is 1. The van der Waals surface area contributed by atoms with E-state index in [0.29, 0.717) is 19.8 Å². The van der Waals surface area contributed by atoms with Crippen molar-refractivity contribution in [3.63, 3.8) is 0 Å². The molecule has 1 aromatic rings. The van der Waals surface area contributed by atoms with E-state index in [1.165, 1.54) is 18.2 Å². The van der Waals surface area contributed by atoms with Gasteiger partial charge in [-0.05, 0) is 19.1 Å². The van der Waals surface area contributed by atoms with Crippen LogP contribution in [0.1, 0.15) is 33.2 Å². The number of rotatable bonds is 7. The Morgan fingerprint density at radius 2 is 1.86 bits per heavy atom. The fourth-order valence-electron chi connectivity index (χ4n) is 1.58. The van der Waals surface area contributed by atoms with Gasteiger partial charge in [-0.2, -0.15) is 0 Å². The number of carboxylic acids is 2. The van der Waals surface area contributed by atoms with Gasteiger partial charge in [0.05, 0.1) is 24.3 Å². The molecule has 0 aliphatic carbocycles. The van der Waals surface area contributed by atoms with E-state index in [4.69, 9.17) is 19.7 Å². The van der Waals surface area contributed by atoms with Crippen LogP contribution in [0.5, 0.6) is 0 Å². The first kappa shape index (κ1) is 16.7. The Morgan fingerprint density at radius 1 is 1.14 bits per heavy atom. The van der Waals surface area contributed by atoms with Crippen LogP contribution in [0, 0.1) is 11.8 Å². The summed E-state index contributed by atoms with van der Waals surface area (Å²) in [5, 5.41) is 18.1. The number of aromatic carboxylic acids is 2. The van der Waals surface area contributed by atoms with Crippen LogP contribution in [0.3, 0.4) is 0 Å². The number of carboxylic acid groups (broad SMARTS) is 2. The average molecular weight is 292 g/mol. The van der Waals surface area contributed by atoms with Crippen molar-refractivity contribution in [2.45, 2.75) is 6.92 Å². The van der Waals surface area contributed by atoms with Gasteiger partial charge in [-0.15, -0.1) is 0 Å². The predicted octanol–water partition coefficient (Wildman–Crippen LogP) is 1.49. The van der Waals surface area contributed by atoms with Crippen LogP contribution in [0.4, 0.5) is 0 Å². The Balaban J connectivity index is 2.78. The second-order valence-electron chi connectivity index (χ2n) is 3.89. The summed E-state index contributed by atoms with van der Waals surface area (Å²) in [7, 11) is 0. The number of hydrogen-bond acceptors (Lipinski definition) is 4. The molecular weight excluding hydrogens is 276 g/mol. The van der Waals surface area contributed by atoms with E-state index in [1.807, 2.05) is 6.92 Å². The molecule has 0 heterocycles. The van der Waals surface area contributed by atoms with E-state index >= 15 is 0 Å². The molecule has 21 heavy (non-hydrogen) atoms. The fraction of sp³-hybridized carbons (Fsp3) is 0.333. The van der Waals surface area contributed by atoms with E-state index in [0.717, 1.165) is 0 Å². The maximum atomic E-state index is 11.2. The van der Waals surface area contributed by atoms with Crippen LogP contribution >= 0.6 is 0 Å². The van der Waals surface area contributed by atoms with Crippen molar-refractivity contribution in [1.29, 1.82) is 0 Å². The van der Waals surface area contributed by atoms with Crippen LogP contribution in [-0.2, 0) is 9.47 Å². The minimum atomic E-state index is -1.32. The van der Waals surface area contributed by atoms with E-state index in [1.54, 1.807) is 0 Å². The van der Waals surface area contributed by atoms with Crippen molar-refractivity contribution in [1.82, 2.24) is 0 Å². The molecule has 0 spiro atoms. The Kier molecular flexibility index (Phi) is 6.95. The van der Waals surface area contributed by atoms with E-state index in [2.05, 4.69) is 11.8 Å². The zero-order chi connectivity index (χ0) is 15.7. The van der Waals surface area contributed by atoms with E-state index < -0.39 is 11.9 Å². The predicted molar refractivity (Wildman–Crippen MR) is 74.6 cm³/mol. The van der Waals surface area contributed by atoms with Crippen LogP contribution in [0.15, 0.2) is 18.2 Å². The van der Waals surface area contributed by atoms with Gasteiger partial charge in [0.1, 0.15) is 6.61 Å². The maximum absolute atomic E-state index is 11.2. The van der Waals surface area contributed by atoms with Gasteiger partial charge in [0.2, 0.25) is 0 Å². The summed E-state index contributed by atoms with van der Waals surface area (Å²) in [5.41, 5.74) is -0.450. The molecule has 0 aliphatic rings. The third-order valence-electron chi connectivity index (χ3n) is 2.48. The third kappa shape index (κ3) is 5.26. The van der Waals surface area contributed by atoms with Crippen LogP contribution in [0.25, 0.3) is 0 Å². The standard InChI is InChI=1S/C15H16O6/c1-2-20-9-10-21-8-4-6-11-5-3-7-12(14(16)17)13(11)15(18)19/h3,5,7H,2,8-10H2,1H3,(H,16,17)(H,18,19). The summed E-state index contributed by atoms with van der Waals surface area (Å²) < 4.78 is 10.2. The lowest BCUT2D eigenvalue weighted by molar-refractivity contribution is 0.0651. The Labute approximate surface area is 122 Å². The average Bonchev–Trinajstić information content (AvgIpc) is 2.45. The first-order chi connectivity index (χ1) is 10.1. The van der Waals surface area contributed by atoms with Gasteiger partial charge < -0.3 is 19.7 Å². The Morgan fingerprint density at radius 3 is 2.48 bits per heavy atom. The number of carbonyl (C=O) groups is 2. The molecule has 0 radical (unpaired) electrons. The van der Waals surface area contributed by atoms with Crippen molar-refractivity contribution in [2.75, 3.05) is 26.4 Å². The normalized spacial score (nSPS) is 9.76. The molecule has 0 amide bonds. The van der Waals surface area contributed by atoms with Crippen molar-refractivity contribution in [3.05, 3.63) is 34.9 Å². The molecule has 0 bridgehead atoms. The summed E-state index contributed by atoms with van der Waals surface area (Å²) in [4.78, 5) is 22.2. The van der Waals surface area contributed by atoms with Gasteiger partial charge >= 0.3 is 11.9 Å². The highest BCUT2D eigenvalue weighted by Crippen LogP contribution is 2.14. The van der Waals surface area contributed by atoms with Crippen molar-refractivity contribution in [2.24, 2.45) is 0 Å². The molecule has 0 aromatic heterocycles. The molecule has 0 unspecified atom stereocenters. The minimum Gasteiger partial charge on any atom is -0.478 e. The smallest absolute Gasteiger partial charge is 0.337 e. The topological polar surface area (TPSA) is 93.1 Å². The van der Waals surface area contributed by atoms with Gasteiger partial charge in [-0.1, -0.05) is 17.9 Å². The highest BCUT2D eigenvalue weighted by molar-refractivity contribution is 6.03. The number of hydrogen-bond donors (Lipinski definition) is 2. The summed E-state index contributed by atoms with van der Waals surface area (Å²) in [5.74, 6) is 2.65.